The molecule has 66 valence electrons. The first kappa shape index (κ1) is 8.50. The van der Waals surface area contributed by atoms with Crippen molar-refractivity contribution in [2.24, 2.45) is 0 Å². The molecule has 0 atom stereocenters. The van der Waals surface area contributed by atoms with Gasteiger partial charge in [-0.2, -0.15) is 0 Å². The minimum Gasteiger partial charge on any atom is -0.351 e. The second-order valence-corrected chi connectivity index (χ2v) is 3.07. The van der Waals surface area contributed by atoms with Gasteiger partial charge in [-0.15, -0.1) is 0 Å². The van der Waals surface area contributed by atoms with Gasteiger partial charge in [-0.3, -0.25) is 0 Å². The highest BCUT2D eigenvalue weighted by molar-refractivity contribution is 6.04. The third-order valence-electron chi connectivity index (χ3n) is 2.15. The van der Waals surface area contributed by atoms with Crippen molar-refractivity contribution in [2.45, 2.75) is 0 Å². The molecule has 0 saturated carbocycles. The Morgan fingerprint density at radius 3 is 2.31 bits per heavy atom. The van der Waals surface area contributed by atoms with E-state index >= 15 is 0 Å². The maximum Gasteiger partial charge on any atom is 0.225 e. The fourth-order valence-electron chi connectivity index (χ4n) is 1.38. The molecule has 5 heteroatoms. The van der Waals surface area contributed by atoms with Crippen LogP contribution in [0.3, 0.4) is 0 Å². The van der Waals surface area contributed by atoms with Crippen LogP contribution in [-0.4, -0.2) is 48.9 Å². The van der Waals surface area contributed by atoms with E-state index in [0.29, 0.717) is 0 Å². The molecule has 1 aliphatic rings. The normalized spacial score (nSPS) is 18.9. The van der Waals surface area contributed by atoms with Gasteiger partial charge in [-0.25, -0.2) is 9.97 Å². The van der Waals surface area contributed by atoms with Gasteiger partial charge in [0, 0.05) is 38.6 Å². The summed E-state index contributed by atoms with van der Waals surface area (Å²) in [6.07, 6.45) is 3.52. The Bertz CT molecular complexity index is 258. The first-order valence-corrected chi connectivity index (χ1v) is 4.38. The Balaban J connectivity index is 2.03. The van der Waals surface area contributed by atoms with Crippen LogP contribution in [0.1, 0.15) is 0 Å². The van der Waals surface area contributed by atoms with Gasteiger partial charge in [0.2, 0.25) is 5.95 Å². The van der Waals surface area contributed by atoms with Crippen LogP contribution in [0.15, 0.2) is 18.5 Å². The van der Waals surface area contributed by atoms with E-state index in [2.05, 4.69) is 14.9 Å². The molecule has 1 saturated heterocycles. The number of anilines is 1. The maximum absolute atomic E-state index is 5.64. The molecule has 2 radical (unpaired) electrons. The van der Waals surface area contributed by atoms with Crippen molar-refractivity contribution in [1.82, 2.24) is 14.8 Å². The summed E-state index contributed by atoms with van der Waals surface area (Å²) in [7, 11) is 5.64. The van der Waals surface area contributed by atoms with Crippen LogP contribution in [0.4, 0.5) is 5.95 Å². The van der Waals surface area contributed by atoms with Crippen LogP contribution in [0.2, 0.25) is 0 Å². The fraction of sp³-hybridized carbons (Fsp3) is 0.500. The van der Waals surface area contributed by atoms with Gasteiger partial charge < -0.3 is 9.71 Å². The fourth-order valence-corrected chi connectivity index (χ4v) is 1.38. The van der Waals surface area contributed by atoms with Crippen LogP contribution in [0.25, 0.3) is 0 Å². The van der Waals surface area contributed by atoms with Crippen LogP contribution in [0.5, 0.6) is 0 Å². The summed E-state index contributed by atoms with van der Waals surface area (Å²) in [4.78, 5) is 12.3. The van der Waals surface area contributed by atoms with Gasteiger partial charge in [0.15, 0.2) is 7.98 Å². The molecule has 0 amide bonds. The van der Waals surface area contributed by atoms with E-state index in [1.807, 2.05) is 10.9 Å². The van der Waals surface area contributed by atoms with E-state index in [4.69, 9.17) is 7.98 Å². The SMILES string of the molecule is [B]N1CCN(c2ncccn2)CC1. The second kappa shape index (κ2) is 3.74. The van der Waals surface area contributed by atoms with Crippen LogP contribution < -0.4 is 4.90 Å². The lowest BCUT2D eigenvalue weighted by molar-refractivity contribution is 0.411. The lowest BCUT2D eigenvalue weighted by atomic mass is 10.2. The Morgan fingerprint density at radius 2 is 1.69 bits per heavy atom. The average Bonchev–Trinajstić information content (AvgIpc) is 2.20. The number of piperazine rings is 1. The molecular weight excluding hydrogens is 163 g/mol. The quantitative estimate of drug-likeness (QED) is 0.546. The van der Waals surface area contributed by atoms with Crippen molar-refractivity contribution in [2.75, 3.05) is 31.1 Å². The molecule has 0 spiro atoms. The number of nitrogens with zero attached hydrogens (tertiary/aromatic N) is 4. The van der Waals surface area contributed by atoms with Crippen molar-refractivity contribution in [3.63, 3.8) is 0 Å². The first-order chi connectivity index (χ1) is 6.36. The van der Waals surface area contributed by atoms with Crippen molar-refractivity contribution >= 4 is 13.9 Å². The molecule has 0 bridgehead atoms. The van der Waals surface area contributed by atoms with E-state index in [-0.39, 0.29) is 0 Å². The zero-order valence-electron chi connectivity index (χ0n) is 7.43. The zero-order chi connectivity index (χ0) is 9.10. The summed E-state index contributed by atoms with van der Waals surface area (Å²) in [5, 5.41) is 0. The van der Waals surface area contributed by atoms with E-state index < -0.39 is 0 Å². The van der Waals surface area contributed by atoms with Crippen molar-refractivity contribution in [3.05, 3.63) is 18.5 Å². The van der Waals surface area contributed by atoms with E-state index in [1.165, 1.54) is 0 Å². The number of hydrogen-bond donors (Lipinski definition) is 0. The maximum atomic E-state index is 5.64. The predicted molar refractivity (Wildman–Crippen MR) is 51.6 cm³/mol. The molecule has 4 nitrogen and oxygen atoms in total. The molecule has 0 aromatic carbocycles. The van der Waals surface area contributed by atoms with Gasteiger partial charge in [0.25, 0.3) is 0 Å². The smallest absolute Gasteiger partial charge is 0.225 e. The molecule has 1 aromatic rings. The highest BCUT2D eigenvalue weighted by Gasteiger charge is 2.14. The molecule has 13 heavy (non-hydrogen) atoms. The van der Waals surface area contributed by atoms with Gasteiger partial charge in [0.1, 0.15) is 0 Å². The predicted octanol–water partition coefficient (Wildman–Crippen LogP) is -0.318. The van der Waals surface area contributed by atoms with Crippen LogP contribution >= 0.6 is 0 Å². The zero-order valence-corrected chi connectivity index (χ0v) is 7.43. The Hall–Kier alpha value is -1.10. The van der Waals surface area contributed by atoms with E-state index in [0.717, 1.165) is 32.1 Å². The largest absolute Gasteiger partial charge is 0.351 e. The molecule has 2 heterocycles. The summed E-state index contributed by atoms with van der Waals surface area (Å²) >= 11 is 0. The summed E-state index contributed by atoms with van der Waals surface area (Å²) in [5.74, 6) is 0.801. The van der Waals surface area contributed by atoms with Gasteiger partial charge >= 0.3 is 0 Å². The number of aromatic nitrogens is 2. The third kappa shape index (κ3) is 1.98. The van der Waals surface area contributed by atoms with E-state index in [1.54, 1.807) is 12.4 Å². The minimum atomic E-state index is 0.801. The van der Waals surface area contributed by atoms with Crippen LogP contribution in [-0.2, 0) is 0 Å². The summed E-state index contributed by atoms with van der Waals surface area (Å²) in [6, 6.07) is 1.82. The molecule has 0 unspecified atom stereocenters. The third-order valence-corrected chi connectivity index (χ3v) is 2.15. The lowest BCUT2D eigenvalue weighted by Gasteiger charge is -2.32. The lowest BCUT2D eigenvalue weighted by Crippen LogP contribution is -2.45. The Labute approximate surface area is 79.0 Å². The topological polar surface area (TPSA) is 32.3 Å². The highest BCUT2D eigenvalue weighted by atomic mass is 15.3. The molecule has 2 rings (SSSR count). The summed E-state index contributed by atoms with van der Waals surface area (Å²) < 4.78 is 0. The number of rotatable bonds is 1. The molecule has 1 aromatic heterocycles. The van der Waals surface area contributed by atoms with Gasteiger partial charge in [-0.1, -0.05) is 0 Å². The van der Waals surface area contributed by atoms with Gasteiger partial charge in [-0.05, 0) is 6.07 Å². The monoisotopic (exact) mass is 174 g/mol. The van der Waals surface area contributed by atoms with Gasteiger partial charge in [0.05, 0.1) is 0 Å². The molecule has 0 aliphatic carbocycles. The summed E-state index contributed by atoms with van der Waals surface area (Å²) in [5.41, 5.74) is 0. The van der Waals surface area contributed by atoms with Crippen molar-refractivity contribution in [1.29, 1.82) is 0 Å². The standard InChI is InChI=1S/C8H11BN4/c9-13-6-4-12(5-7-13)8-10-2-1-3-11-8/h1-3H,4-7H2. The van der Waals surface area contributed by atoms with Crippen molar-refractivity contribution < 1.29 is 0 Å². The molecule has 1 aliphatic heterocycles. The van der Waals surface area contributed by atoms with Crippen LogP contribution in [0, 0.1) is 0 Å². The molecule has 0 N–H and O–H groups in total. The Morgan fingerprint density at radius 1 is 1.08 bits per heavy atom. The summed E-state index contributed by atoms with van der Waals surface area (Å²) in [6.45, 7) is 3.55. The molecular formula is C8H11BN4. The average molecular weight is 174 g/mol. The Kier molecular flexibility index (Phi) is 2.45. The second-order valence-electron chi connectivity index (χ2n) is 3.07. The highest BCUT2D eigenvalue weighted by Crippen LogP contribution is 2.07. The van der Waals surface area contributed by atoms with E-state index in [9.17, 15) is 0 Å². The number of hydrogen-bond acceptors (Lipinski definition) is 4. The first-order valence-electron chi connectivity index (χ1n) is 4.38. The molecule has 1 fully saturated rings. The minimum absolute atomic E-state index is 0.801. The van der Waals surface area contributed by atoms with Crippen molar-refractivity contribution in [3.8, 4) is 0 Å².